The second-order valence-electron chi connectivity index (χ2n) is 5.18. The lowest BCUT2D eigenvalue weighted by Crippen LogP contribution is -2.24. The summed E-state index contributed by atoms with van der Waals surface area (Å²) in [5.74, 6) is -0.324. The Morgan fingerprint density at radius 2 is 1.67 bits per heavy atom. The van der Waals surface area contributed by atoms with Gasteiger partial charge in [-0.1, -0.05) is 12.1 Å². The minimum absolute atomic E-state index is 0.140. The summed E-state index contributed by atoms with van der Waals surface area (Å²) in [6, 6.07) is 6.24. The van der Waals surface area contributed by atoms with E-state index in [0.29, 0.717) is 0 Å². The van der Waals surface area contributed by atoms with Gasteiger partial charge in [0.05, 0.1) is 11.3 Å². The SMILES string of the molecule is CC(C)(C)OC(=O)Cc1ccc(S(C)(=O)=O)cc1. The minimum Gasteiger partial charge on any atom is -0.460 e. The van der Waals surface area contributed by atoms with Crippen molar-refractivity contribution < 1.29 is 17.9 Å². The summed E-state index contributed by atoms with van der Waals surface area (Å²) in [5, 5.41) is 0. The molecule has 0 bridgehead atoms. The predicted molar refractivity (Wildman–Crippen MR) is 69.1 cm³/mol. The van der Waals surface area contributed by atoms with Crippen LogP contribution < -0.4 is 0 Å². The first-order valence-corrected chi connectivity index (χ1v) is 7.48. The van der Waals surface area contributed by atoms with Crippen molar-refractivity contribution in [2.75, 3.05) is 6.26 Å². The lowest BCUT2D eigenvalue weighted by molar-refractivity contribution is -0.153. The first kappa shape index (κ1) is 14.7. The fourth-order valence-corrected chi connectivity index (χ4v) is 2.03. The van der Waals surface area contributed by atoms with E-state index in [0.717, 1.165) is 11.8 Å². The number of ether oxygens (including phenoxy) is 1. The van der Waals surface area contributed by atoms with E-state index >= 15 is 0 Å². The summed E-state index contributed by atoms with van der Waals surface area (Å²) in [7, 11) is -3.19. The Morgan fingerprint density at radius 3 is 2.06 bits per heavy atom. The van der Waals surface area contributed by atoms with Crippen LogP contribution in [-0.2, 0) is 25.8 Å². The monoisotopic (exact) mass is 270 g/mol. The van der Waals surface area contributed by atoms with Gasteiger partial charge in [-0.05, 0) is 38.5 Å². The maximum absolute atomic E-state index is 11.6. The largest absolute Gasteiger partial charge is 0.460 e. The van der Waals surface area contributed by atoms with Crippen molar-refractivity contribution in [2.24, 2.45) is 0 Å². The molecule has 0 saturated carbocycles. The Labute approximate surface area is 108 Å². The third kappa shape index (κ3) is 4.87. The molecule has 0 aliphatic heterocycles. The van der Waals surface area contributed by atoms with Crippen LogP contribution in [0.2, 0.25) is 0 Å². The van der Waals surface area contributed by atoms with Crippen molar-refractivity contribution >= 4 is 15.8 Å². The summed E-state index contributed by atoms with van der Waals surface area (Å²) in [6.07, 6.45) is 1.29. The highest BCUT2D eigenvalue weighted by molar-refractivity contribution is 7.90. The van der Waals surface area contributed by atoms with Gasteiger partial charge >= 0.3 is 5.97 Å². The Kier molecular flexibility index (Phi) is 4.16. The number of esters is 1. The molecule has 0 spiro atoms. The van der Waals surface area contributed by atoms with Gasteiger partial charge in [-0.3, -0.25) is 4.79 Å². The van der Waals surface area contributed by atoms with E-state index in [9.17, 15) is 13.2 Å². The van der Waals surface area contributed by atoms with Crippen molar-refractivity contribution in [3.8, 4) is 0 Å². The molecule has 0 radical (unpaired) electrons. The van der Waals surface area contributed by atoms with Crippen molar-refractivity contribution in [1.82, 2.24) is 0 Å². The average Bonchev–Trinajstić information content (AvgIpc) is 2.13. The summed E-state index contributed by atoms with van der Waals surface area (Å²) >= 11 is 0. The predicted octanol–water partition coefficient (Wildman–Crippen LogP) is 1.97. The molecule has 0 unspecified atom stereocenters. The van der Waals surface area contributed by atoms with Gasteiger partial charge in [-0.25, -0.2) is 8.42 Å². The van der Waals surface area contributed by atoms with Gasteiger partial charge in [0.15, 0.2) is 9.84 Å². The number of sulfone groups is 1. The van der Waals surface area contributed by atoms with Crippen LogP contribution in [0.5, 0.6) is 0 Å². The quantitative estimate of drug-likeness (QED) is 0.788. The highest BCUT2D eigenvalue weighted by Crippen LogP contribution is 2.13. The third-order valence-corrected chi connectivity index (χ3v) is 3.25. The van der Waals surface area contributed by atoms with Crippen molar-refractivity contribution in [2.45, 2.75) is 37.7 Å². The molecule has 18 heavy (non-hydrogen) atoms. The van der Waals surface area contributed by atoms with E-state index in [1.165, 1.54) is 12.1 Å². The molecule has 1 aromatic carbocycles. The molecule has 1 aromatic rings. The van der Waals surface area contributed by atoms with Crippen LogP contribution in [0, 0.1) is 0 Å². The van der Waals surface area contributed by atoms with E-state index in [1.807, 2.05) is 0 Å². The van der Waals surface area contributed by atoms with E-state index in [4.69, 9.17) is 4.74 Å². The lowest BCUT2D eigenvalue weighted by Gasteiger charge is -2.19. The zero-order valence-corrected chi connectivity index (χ0v) is 11.9. The highest BCUT2D eigenvalue weighted by Gasteiger charge is 2.16. The molecule has 0 aliphatic carbocycles. The molecule has 0 amide bonds. The van der Waals surface area contributed by atoms with Crippen LogP contribution in [0.15, 0.2) is 29.2 Å². The number of hydrogen-bond donors (Lipinski definition) is 0. The molecule has 5 heteroatoms. The summed E-state index contributed by atoms with van der Waals surface area (Å²) in [6.45, 7) is 5.41. The number of benzene rings is 1. The smallest absolute Gasteiger partial charge is 0.310 e. The molecule has 1 rings (SSSR count). The number of carbonyl (C=O) groups excluding carboxylic acids is 1. The molecule has 0 fully saturated rings. The molecule has 100 valence electrons. The fourth-order valence-electron chi connectivity index (χ4n) is 1.40. The molecule has 0 heterocycles. The van der Waals surface area contributed by atoms with Gasteiger partial charge in [0.2, 0.25) is 0 Å². The topological polar surface area (TPSA) is 60.4 Å². The van der Waals surface area contributed by atoms with E-state index < -0.39 is 15.4 Å². The van der Waals surface area contributed by atoms with Crippen LogP contribution in [0.3, 0.4) is 0 Å². The van der Waals surface area contributed by atoms with E-state index in [1.54, 1.807) is 32.9 Å². The zero-order valence-electron chi connectivity index (χ0n) is 11.1. The normalized spacial score (nSPS) is 12.2. The molecule has 0 N–H and O–H groups in total. The standard InChI is InChI=1S/C13H18O4S/c1-13(2,3)17-12(14)9-10-5-7-11(8-6-10)18(4,15)16/h5-8H,9H2,1-4H3. The number of rotatable bonds is 3. The van der Waals surface area contributed by atoms with Crippen LogP contribution in [0.25, 0.3) is 0 Å². The van der Waals surface area contributed by atoms with Crippen molar-refractivity contribution in [3.63, 3.8) is 0 Å². The summed E-state index contributed by atoms with van der Waals surface area (Å²) in [5.41, 5.74) is 0.223. The lowest BCUT2D eigenvalue weighted by atomic mass is 10.1. The summed E-state index contributed by atoms with van der Waals surface area (Å²) in [4.78, 5) is 11.8. The van der Waals surface area contributed by atoms with Crippen molar-refractivity contribution in [3.05, 3.63) is 29.8 Å². The molecule has 0 atom stereocenters. The highest BCUT2D eigenvalue weighted by atomic mass is 32.2. The van der Waals surface area contributed by atoms with Gasteiger partial charge in [0, 0.05) is 6.26 Å². The van der Waals surface area contributed by atoms with Gasteiger partial charge in [0.1, 0.15) is 5.60 Å². The summed E-state index contributed by atoms with van der Waals surface area (Å²) < 4.78 is 27.7. The molecular formula is C13H18O4S. The van der Waals surface area contributed by atoms with Gasteiger partial charge in [-0.15, -0.1) is 0 Å². The second kappa shape index (κ2) is 5.10. The van der Waals surface area contributed by atoms with Gasteiger partial charge in [0.25, 0.3) is 0 Å². The van der Waals surface area contributed by atoms with E-state index in [2.05, 4.69) is 0 Å². The third-order valence-electron chi connectivity index (χ3n) is 2.12. The first-order chi connectivity index (χ1) is 8.08. The number of hydrogen-bond acceptors (Lipinski definition) is 4. The first-order valence-electron chi connectivity index (χ1n) is 5.59. The Hall–Kier alpha value is -1.36. The molecule has 0 saturated heterocycles. The van der Waals surface area contributed by atoms with E-state index in [-0.39, 0.29) is 17.3 Å². The molecular weight excluding hydrogens is 252 g/mol. The Morgan fingerprint density at radius 1 is 1.17 bits per heavy atom. The maximum Gasteiger partial charge on any atom is 0.310 e. The minimum atomic E-state index is -3.19. The average molecular weight is 270 g/mol. The Balaban J connectivity index is 2.73. The molecule has 4 nitrogen and oxygen atoms in total. The fraction of sp³-hybridized carbons (Fsp3) is 0.462. The molecule has 0 aliphatic rings. The van der Waals surface area contributed by atoms with Crippen LogP contribution in [0.4, 0.5) is 0 Å². The Bertz CT molecular complexity index is 521. The maximum atomic E-state index is 11.6. The molecule has 0 aromatic heterocycles. The van der Waals surface area contributed by atoms with Crippen LogP contribution in [-0.4, -0.2) is 26.2 Å². The van der Waals surface area contributed by atoms with Crippen molar-refractivity contribution in [1.29, 1.82) is 0 Å². The van der Waals surface area contributed by atoms with Gasteiger partial charge < -0.3 is 4.74 Å². The second-order valence-corrected chi connectivity index (χ2v) is 7.20. The number of carbonyl (C=O) groups is 1. The van der Waals surface area contributed by atoms with Gasteiger partial charge in [-0.2, -0.15) is 0 Å². The zero-order chi connectivity index (χ0) is 14.0. The van der Waals surface area contributed by atoms with Crippen LogP contribution >= 0.6 is 0 Å². The van der Waals surface area contributed by atoms with Crippen LogP contribution in [0.1, 0.15) is 26.3 Å².